The van der Waals surface area contributed by atoms with E-state index in [0.29, 0.717) is 5.75 Å². The number of carbonyl (C=O) groups is 1. The zero-order valence-electron chi connectivity index (χ0n) is 11.3. The van der Waals surface area contributed by atoms with Gasteiger partial charge >= 0.3 is 0 Å². The van der Waals surface area contributed by atoms with Crippen LogP contribution in [0.25, 0.3) is 0 Å². The topological polar surface area (TPSA) is 30.2 Å². The number of benzene rings is 1. The van der Waals surface area contributed by atoms with Crippen LogP contribution in [0.15, 0.2) is 45.9 Å². The van der Waals surface area contributed by atoms with Gasteiger partial charge in [-0.15, -0.1) is 11.8 Å². The lowest BCUT2D eigenvalue weighted by molar-refractivity contribution is 0.102. The minimum absolute atomic E-state index is 0.161. The van der Waals surface area contributed by atoms with Crippen molar-refractivity contribution in [2.45, 2.75) is 31.6 Å². The van der Waals surface area contributed by atoms with E-state index in [4.69, 9.17) is 4.42 Å². The van der Waals surface area contributed by atoms with Crippen molar-refractivity contribution in [3.63, 3.8) is 0 Å². The Morgan fingerprint density at radius 3 is 2.53 bits per heavy atom. The normalized spacial score (nSPS) is 10.6. The first kappa shape index (κ1) is 13.9. The van der Waals surface area contributed by atoms with Crippen molar-refractivity contribution in [1.29, 1.82) is 0 Å². The summed E-state index contributed by atoms with van der Waals surface area (Å²) in [5.41, 5.74) is 2.07. The molecule has 2 nitrogen and oxygen atoms in total. The average molecular weight is 274 g/mol. The van der Waals surface area contributed by atoms with E-state index in [9.17, 15) is 4.79 Å². The second-order valence-electron chi connectivity index (χ2n) is 4.50. The summed E-state index contributed by atoms with van der Waals surface area (Å²) >= 11 is 1.53. The number of aryl methyl sites for hydroxylation is 2. The van der Waals surface area contributed by atoms with Gasteiger partial charge in [-0.2, -0.15) is 0 Å². The van der Waals surface area contributed by atoms with Crippen LogP contribution in [0.4, 0.5) is 0 Å². The first-order chi connectivity index (χ1) is 9.20. The molecular weight excluding hydrogens is 256 g/mol. The predicted octanol–water partition coefficient (Wildman–Crippen LogP) is 4.52. The standard InChI is InChI=1S/C16H18O2S/c1-3-4-13-5-7-14(8-6-13)15(17)11-19-16-9-10-18-12(16)2/h5-10H,3-4,11H2,1-2H3. The first-order valence-electron chi connectivity index (χ1n) is 6.49. The molecule has 3 heteroatoms. The fourth-order valence-electron chi connectivity index (χ4n) is 1.90. The highest BCUT2D eigenvalue weighted by Gasteiger charge is 2.09. The van der Waals surface area contributed by atoms with Crippen molar-refractivity contribution in [2.75, 3.05) is 5.75 Å². The molecular formula is C16H18O2S. The lowest BCUT2D eigenvalue weighted by Gasteiger charge is -2.03. The zero-order valence-corrected chi connectivity index (χ0v) is 12.1. The van der Waals surface area contributed by atoms with Gasteiger partial charge < -0.3 is 4.42 Å². The van der Waals surface area contributed by atoms with Crippen LogP contribution in [0.1, 0.15) is 35.0 Å². The second-order valence-corrected chi connectivity index (χ2v) is 5.52. The van der Waals surface area contributed by atoms with E-state index in [0.717, 1.165) is 29.1 Å². The number of hydrogen-bond donors (Lipinski definition) is 0. The van der Waals surface area contributed by atoms with Gasteiger partial charge in [0.2, 0.25) is 0 Å². The molecule has 2 rings (SSSR count). The predicted molar refractivity (Wildman–Crippen MR) is 78.9 cm³/mol. The van der Waals surface area contributed by atoms with Crippen LogP contribution in [0.5, 0.6) is 0 Å². The zero-order chi connectivity index (χ0) is 13.7. The third kappa shape index (κ3) is 3.74. The summed E-state index contributed by atoms with van der Waals surface area (Å²) in [5.74, 6) is 1.48. The van der Waals surface area contributed by atoms with Gasteiger partial charge in [-0.05, 0) is 25.0 Å². The SMILES string of the molecule is CCCc1ccc(C(=O)CSc2ccoc2C)cc1. The molecule has 0 saturated heterocycles. The van der Waals surface area contributed by atoms with Crippen LogP contribution >= 0.6 is 11.8 Å². The van der Waals surface area contributed by atoms with Crippen molar-refractivity contribution in [2.24, 2.45) is 0 Å². The largest absolute Gasteiger partial charge is 0.468 e. The van der Waals surface area contributed by atoms with Gasteiger partial charge in [0.15, 0.2) is 5.78 Å². The van der Waals surface area contributed by atoms with Gasteiger partial charge in [0.1, 0.15) is 5.76 Å². The molecule has 0 aliphatic rings. The van der Waals surface area contributed by atoms with E-state index >= 15 is 0 Å². The summed E-state index contributed by atoms with van der Waals surface area (Å²) in [6.07, 6.45) is 3.85. The van der Waals surface area contributed by atoms with Crippen LogP contribution in [-0.4, -0.2) is 11.5 Å². The number of Topliss-reactive ketones (excluding diaryl/α,β-unsaturated/α-hetero) is 1. The van der Waals surface area contributed by atoms with Crippen LogP contribution in [0, 0.1) is 6.92 Å². The molecule has 0 unspecified atom stereocenters. The van der Waals surface area contributed by atoms with Gasteiger partial charge in [-0.3, -0.25) is 4.79 Å². The van der Waals surface area contributed by atoms with Gasteiger partial charge in [0.25, 0.3) is 0 Å². The molecule has 0 aliphatic carbocycles. The van der Waals surface area contributed by atoms with Crippen molar-refractivity contribution in [3.8, 4) is 0 Å². The van der Waals surface area contributed by atoms with Crippen molar-refractivity contribution >= 4 is 17.5 Å². The van der Waals surface area contributed by atoms with E-state index in [2.05, 4.69) is 6.92 Å². The van der Waals surface area contributed by atoms with E-state index in [1.165, 1.54) is 17.3 Å². The Kier molecular flexibility index (Phi) is 4.86. The van der Waals surface area contributed by atoms with E-state index < -0.39 is 0 Å². The minimum atomic E-state index is 0.161. The molecule has 0 radical (unpaired) electrons. The minimum Gasteiger partial charge on any atom is -0.468 e. The maximum atomic E-state index is 12.1. The molecule has 1 aromatic heterocycles. The number of ketones is 1. The van der Waals surface area contributed by atoms with Gasteiger partial charge in [0, 0.05) is 10.5 Å². The average Bonchev–Trinajstić information content (AvgIpc) is 2.83. The van der Waals surface area contributed by atoms with Crippen LogP contribution in [0.2, 0.25) is 0 Å². The molecule has 2 aromatic rings. The van der Waals surface area contributed by atoms with Crippen molar-refractivity contribution < 1.29 is 9.21 Å². The Bertz CT molecular complexity index is 540. The third-order valence-electron chi connectivity index (χ3n) is 2.98. The molecule has 0 N–H and O–H groups in total. The van der Waals surface area contributed by atoms with E-state index in [1.807, 2.05) is 37.3 Å². The molecule has 0 saturated carbocycles. The Labute approximate surface area is 118 Å². The molecule has 0 atom stereocenters. The number of rotatable bonds is 6. The summed E-state index contributed by atoms with van der Waals surface area (Å²) < 4.78 is 5.21. The molecule has 0 bridgehead atoms. The quantitative estimate of drug-likeness (QED) is 0.573. The van der Waals surface area contributed by atoms with E-state index in [-0.39, 0.29) is 5.78 Å². The lowest BCUT2D eigenvalue weighted by Crippen LogP contribution is -2.02. The summed E-state index contributed by atoms with van der Waals surface area (Å²) in [4.78, 5) is 13.1. The van der Waals surface area contributed by atoms with E-state index in [1.54, 1.807) is 6.26 Å². The monoisotopic (exact) mass is 274 g/mol. The fraction of sp³-hybridized carbons (Fsp3) is 0.312. The van der Waals surface area contributed by atoms with Crippen LogP contribution in [0.3, 0.4) is 0 Å². The first-order valence-corrected chi connectivity index (χ1v) is 7.48. The van der Waals surface area contributed by atoms with Crippen molar-refractivity contribution in [3.05, 3.63) is 53.5 Å². The molecule has 0 spiro atoms. The van der Waals surface area contributed by atoms with Gasteiger partial charge in [-0.25, -0.2) is 0 Å². The summed E-state index contributed by atoms with van der Waals surface area (Å²) in [7, 11) is 0. The van der Waals surface area contributed by atoms with Crippen molar-refractivity contribution in [1.82, 2.24) is 0 Å². The second kappa shape index (κ2) is 6.62. The molecule has 0 fully saturated rings. The Morgan fingerprint density at radius 1 is 1.21 bits per heavy atom. The number of thioether (sulfide) groups is 1. The smallest absolute Gasteiger partial charge is 0.173 e. The summed E-state index contributed by atoms with van der Waals surface area (Å²) in [6, 6.07) is 9.85. The molecule has 0 aliphatic heterocycles. The number of hydrogen-bond acceptors (Lipinski definition) is 3. The Hall–Kier alpha value is -1.48. The summed E-state index contributed by atoms with van der Waals surface area (Å²) in [5, 5.41) is 0. The molecule has 0 amide bonds. The molecule has 19 heavy (non-hydrogen) atoms. The lowest BCUT2D eigenvalue weighted by atomic mass is 10.1. The highest BCUT2D eigenvalue weighted by Crippen LogP contribution is 2.24. The number of furan rings is 1. The maximum Gasteiger partial charge on any atom is 0.173 e. The van der Waals surface area contributed by atoms with Crippen LogP contribution < -0.4 is 0 Å². The highest BCUT2D eigenvalue weighted by atomic mass is 32.2. The Balaban J connectivity index is 1.94. The van der Waals surface area contributed by atoms with Gasteiger partial charge in [0.05, 0.1) is 12.0 Å². The maximum absolute atomic E-state index is 12.1. The molecule has 1 aromatic carbocycles. The molecule has 1 heterocycles. The highest BCUT2D eigenvalue weighted by molar-refractivity contribution is 8.00. The molecule has 100 valence electrons. The number of carbonyl (C=O) groups excluding carboxylic acids is 1. The van der Waals surface area contributed by atoms with Gasteiger partial charge in [-0.1, -0.05) is 37.6 Å². The van der Waals surface area contributed by atoms with Crippen LogP contribution in [-0.2, 0) is 6.42 Å². The summed E-state index contributed by atoms with van der Waals surface area (Å²) in [6.45, 7) is 4.06. The Morgan fingerprint density at radius 2 is 1.95 bits per heavy atom. The third-order valence-corrected chi connectivity index (χ3v) is 4.13. The fourth-order valence-corrected chi connectivity index (χ4v) is 2.75.